The molecule has 0 aromatic rings. The van der Waals surface area contributed by atoms with Gasteiger partial charge in [-0.2, -0.15) is 0 Å². The normalized spacial score (nSPS) is 16.7. The third kappa shape index (κ3) is 4.37. The highest BCUT2D eigenvalue weighted by Crippen LogP contribution is 2.17. The van der Waals surface area contributed by atoms with E-state index in [9.17, 15) is 0 Å². The predicted octanol–water partition coefficient (Wildman–Crippen LogP) is 2.93. The summed E-state index contributed by atoms with van der Waals surface area (Å²) in [6, 6.07) is 0.646. The van der Waals surface area contributed by atoms with Crippen molar-refractivity contribution >= 4 is 17.3 Å². The van der Waals surface area contributed by atoms with E-state index in [2.05, 4.69) is 24.1 Å². The quantitative estimate of drug-likeness (QED) is 0.728. The van der Waals surface area contributed by atoms with Gasteiger partial charge >= 0.3 is 0 Å². The van der Waals surface area contributed by atoms with Crippen molar-refractivity contribution in [2.24, 2.45) is 0 Å². The molecule has 3 heteroatoms. The summed E-state index contributed by atoms with van der Waals surface area (Å²) in [5, 5.41) is 4.47. The van der Waals surface area contributed by atoms with Gasteiger partial charge in [0.15, 0.2) is 5.11 Å². The fraction of sp³-hybridized carbons (Fsp3) is 0.917. The van der Waals surface area contributed by atoms with E-state index in [0.29, 0.717) is 6.04 Å². The van der Waals surface area contributed by atoms with Crippen molar-refractivity contribution in [1.29, 1.82) is 0 Å². The second-order valence-electron chi connectivity index (χ2n) is 4.36. The van der Waals surface area contributed by atoms with E-state index in [0.717, 1.165) is 18.2 Å². The second-order valence-corrected chi connectivity index (χ2v) is 4.75. The van der Waals surface area contributed by atoms with Crippen LogP contribution in [0, 0.1) is 0 Å². The number of hydrogen-bond acceptors (Lipinski definition) is 1. The maximum Gasteiger partial charge on any atom is 0.169 e. The van der Waals surface area contributed by atoms with E-state index in [1.54, 1.807) is 0 Å². The summed E-state index contributed by atoms with van der Waals surface area (Å²) >= 11 is 5.44. The summed E-state index contributed by atoms with van der Waals surface area (Å²) in [7, 11) is 0. The Bertz CT molecular complexity index is 188. The molecule has 88 valence electrons. The maximum absolute atomic E-state index is 5.44. The van der Waals surface area contributed by atoms with Crippen molar-refractivity contribution in [3.8, 4) is 0 Å². The average molecular weight is 228 g/mol. The smallest absolute Gasteiger partial charge is 0.169 e. The van der Waals surface area contributed by atoms with Gasteiger partial charge < -0.3 is 10.2 Å². The van der Waals surface area contributed by atoms with Gasteiger partial charge in [-0.3, -0.25) is 0 Å². The molecule has 0 bridgehead atoms. The van der Waals surface area contributed by atoms with Crippen LogP contribution in [-0.4, -0.2) is 29.1 Å². The van der Waals surface area contributed by atoms with E-state index in [1.807, 2.05) is 0 Å². The van der Waals surface area contributed by atoms with Crippen molar-refractivity contribution in [1.82, 2.24) is 10.2 Å². The van der Waals surface area contributed by atoms with Crippen LogP contribution in [-0.2, 0) is 0 Å². The van der Waals surface area contributed by atoms with Gasteiger partial charge in [-0.1, -0.05) is 26.2 Å². The minimum absolute atomic E-state index is 0.646. The van der Waals surface area contributed by atoms with Crippen LogP contribution in [0.25, 0.3) is 0 Å². The molecule has 0 spiro atoms. The molecule has 1 saturated carbocycles. The molecule has 1 fully saturated rings. The Hall–Kier alpha value is -0.310. The van der Waals surface area contributed by atoms with Crippen LogP contribution in [0.5, 0.6) is 0 Å². The molecule has 0 aromatic carbocycles. The standard InChI is InChI=1S/C12H24N2S/c1-3-5-10-14(4-2)12(15)13-11-8-6-7-9-11/h11H,3-10H2,1-2H3,(H,13,15). The van der Waals surface area contributed by atoms with Gasteiger partial charge in [0.25, 0.3) is 0 Å². The fourth-order valence-corrected chi connectivity index (χ4v) is 2.48. The number of hydrogen-bond donors (Lipinski definition) is 1. The first-order valence-electron chi connectivity index (χ1n) is 6.33. The van der Waals surface area contributed by atoms with E-state index < -0.39 is 0 Å². The highest BCUT2D eigenvalue weighted by molar-refractivity contribution is 7.80. The molecule has 0 aliphatic heterocycles. The molecule has 1 aliphatic carbocycles. The summed E-state index contributed by atoms with van der Waals surface area (Å²) in [5.41, 5.74) is 0. The molecule has 1 aliphatic rings. The predicted molar refractivity (Wildman–Crippen MR) is 70.1 cm³/mol. The molecule has 1 N–H and O–H groups in total. The van der Waals surface area contributed by atoms with Crippen LogP contribution in [0.15, 0.2) is 0 Å². The van der Waals surface area contributed by atoms with Gasteiger partial charge in [-0.15, -0.1) is 0 Å². The number of unbranched alkanes of at least 4 members (excludes halogenated alkanes) is 1. The Morgan fingerprint density at radius 2 is 2.00 bits per heavy atom. The summed E-state index contributed by atoms with van der Waals surface area (Å²) < 4.78 is 0. The molecule has 1 rings (SSSR count). The molecule has 0 aromatic heterocycles. The van der Waals surface area contributed by atoms with E-state index in [1.165, 1.54) is 38.5 Å². The first-order valence-corrected chi connectivity index (χ1v) is 6.74. The topological polar surface area (TPSA) is 15.3 Å². The number of nitrogens with zero attached hydrogens (tertiary/aromatic N) is 1. The van der Waals surface area contributed by atoms with Gasteiger partial charge in [-0.05, 0) is 38.4 Å². The van der Waals surface area contributed by atoms with Crippen LogP contribution in [0.3, 0.4) is 0 Å². The summed E-state index contributed by atoms with van der Waals surface area (Å²) in [5.74, 6) is 0. The maximum atomic E-state index is 5.44. The number of nitrogens with one attached hydrogen (secondary N) is 1. The van der Waals surface area contributed by atoms with E-state index in [4.69, 9.17) is 12.2 Å². The Labute approximate surface area is 99.4 Å². The van der Waals surface area contributed by atoms with Crippen molar-refractivity contribution in [2.45, 2.75) is 58.4 Å². The average Bonchev–Trinajstić information content (AvgIpc) is 2.71. The molecule has 15 heavy (non-hydrogen) atoms. The first kappa shape index (κ1) is 12.8. The Morgan fingerprint density at radius 1 is 1.33 bits per heavy atom. The second kappa shape index (κ2) is 7.04. The Morgan fingerprint density at radius 3 is 2.53 bits per heavy atom. The van der Waals surface area contributed by atoms with Gasteiger partial charge in [0, 0.05) is 19.1 Å². The van der Waals surface area contributed by atoms with Crippen LogP contribution in [0.2, 0.25) is 0 Å². The molecule has 0 amide bonds. The van der Waals surface area contributed by atoms with Crippen molar-refractivity contribution < 1.29 is 0 Å². The summed E-state index contributed by atoms with van der Waals surface area (Å²) in [6.07, 6.45) is 7.79. The zero-order valence-corrected chi connectivity index (χ0v) is 10.9. The van der Waals surface area contributed by atoms with Gasteiger partial charge in [0.2, 0.25) is 0 Å². The van der Waals surface area contributed by atoms with Crippen LogP contribution in [0.4, 0.5) is 0 Å². The highest BCUT2D eigenvalue weighted by atomic mass is 32.1. The third-order valence-corrected chi connectivity index (χ3v) is 3.51. The Kier molecular flexibility index (Phi) is 5.99. The van der Waals surface area contributed by atoms with Crippen molar-refractivity contribution in [3.63, 3.8) is 0 Å². The zero-order valence-electron chi connectivity index (χ0n) is 10.1. The zero-order chi connectivity index (χ0) is 11.1. The molecule has 2 nitrogen and oxygen atoms in total. The lowest BCUT2D eigenvalue weighted by Gasteiger charge is -2.26. The van der Waals surface area contributed by atoms with Gasteiger partial charge in [-0.25, -0.2) is 0 Å². The number of rotatable bonds is 5. The molecule has 0 heterocycles. The molecule has 0 saturated heterocycles. The lowest BCUT2D eigenvalue weighted by molar-refractivity contribution is 0.412. The lowest BCUT2D eigenvalue weighted by Crippen LogP contribution is -2.44. The number of thiocarbonyl (C=S) groups is 1. The molecule has 0 radical (unpaired) electrons. The van der Waals surface area contributed by atoms with Crippen molar-refractivity contribution in [3.05, 3.63) is 0 Å². The largest absolute Gasteiger partial charge is 0.360 e. The van der Waals surface area contributed by atoms with Crippen LogP contribution in [0.1, 0.15) is 52.4 Å². The third-order valence-electron chi connectivity index (χ3n) is 3.13. The van der Waals surface area contributed by atoms with Gasteiger partial charge in [0.05, 0.1) is 0 Å². The molecule has 0 atom stereocenters. The van der Waals surface area contributed by atoms with Crippen LogP contribution >= 0.6 is 12.2 Å². The minimum Gasteiger partial charge on any atom is -0.360 e. The summed E-state index contributed by atoms with van der Waals surface area (Å²) in [6.45, 7) is 6.53. The van der Waals surface area contributed by atoms with Crippen molar-refractivity contribution in [2.75, 3.05) is 13.1 Å². The summed E-state index contributed by atoms with van der Waals surface area (Å²) in [4.78, 5) is 2.29. The highest BCUT2D eigenvalue weighted by Gasteiger charge is 2.17. The molecular weight excluding hydrogens is 204 g/mol. The fourth-order valence-electron chi connectivity index (χ4n) is 2.09. The van der Waals surface area contributed by atoms with Gasteiger partial charge in [0.1, 0.15) is 0 Å². The van der Waals surface area contributed by atoms with Crippen LogP contribution < -0.4 is 5.32 Å². The monoisotopic (exact) mass is 228 g/mol. The molecular formula is C12H24N2S. The van der Waals surface area contributed by atoms with E-state index >= 15 is 0 Å². The first-order chi connectivity index (χ1) is 7.27. The minimum atomic E-state index is 0.646. The lowest BCUT2D eigenvalue weighted by atomic mass is 10.2. The SMILES string of the molecule is CCCCN(CC)C(=S)NC1CCCC1. The Balaban J connectivity index is 2.28. The molecule has 0 unspecified atom stereocenters. The van der Waals surface area contributed by atoms with E-state index in [-0.39, 0.29) is 0 Å².